The van der Waals surface area contributed by atoms with E-state index in [0.29, 0.717) is 0 Å². The molecule has 3 rings (SSSR count). The Balaban J connectivity index is 1.32. The minimum Gasteiger partial charge on any atom is -0.362 e. The Morgan fingerprint density at radius 3 is 2.62 bits per heavy atom. The number of thiophene rings is 1. The van der Waals surface area contributed by atoms with Gasteiger partial charge in [0.15, 0.2) is 5.11 Å². The van der Waals surface area contributed by atoms with E-state index in [-0.39, 0.29) is 0 Å². The molecule has 6 heteroatoms. The summed E-state index contributed by atoms with van der Waals surface area (Å²) in [4.78, 5) is 6.12. The van der Waals surface area contributed by atoms with Crippen molar-refractivity contribution in [3.05, 3.63) is 52.7 Å². The predicted octanol–water partition coefficient (Wildman–Crippen LogP) is 3.53. The van der Waals surface area contributed by atoms with Crippen LogP contribution in [0.1, 0.15) is 5.56 Å². The third-order valence-corrected chi connectivity index (χ3v) is 6.18. The van der Waals surface area contributed by atoms with Gasteiger partial charge >= 0.3 is 0 Å². The van der Waals surface area contributed by atoms with E-state index in [4.69, 9.17) is 12.2 Å². The molecule has 1 N–H and O–H groups in total. The number of rotatable bonds is 6. The second-order valence-corrected chi connectivity index (χ2v) is 8.12. The second-order valence-electron chi connectivity index (χ2n) is 5.79. The van der Waals surface area contributed by atoms with Crippen molar-refractivity contribution in [3.63, 3.8) is 0 Å². The lowest BCUT2D eigenvalue weighted by Crippen LogP contribution is -2.51. The summed E-state index contributed by atoms with van der Waals surface area (Å²) >= 11 is 9.18. The molecule has 1 aromatic carbocycles. The molecule has 0 spiro atoms. The fourth-order valence-electron chi connectivity index (χ4n) is 2.71. The van der Waals surface area contributed by atoms with Gasteiger partial charge in [0.05, 0.1) is 0 Å². The Hall–Kier alpha value is -1.08. The van der Waals surface area contributed by atoms with Crippen LogP contribution in [0.15, 0.2) is 52.1 Å². The molecule has 0 atom stereocenters. The molecule has 1 fully saturated rings. The Labute approximate surface area is 158 Å². The third kappa shape index (κ3) is 5.48. The first-order valence-electron chi connectivity index (χ1n) is 8.25. The maximum absolute atomic E-state index is 5.55. The van der Waals surface area contributed by atoms with Gasteiger partial charge in [-0.15, -0.1) is 11.8 Å². The van der Waals surface area contributed by atoms with Crippen LogP contribution in [0.4, 0.5) is 0 Å². The van der Waals surface area contributed by atoms with Crippen LogP contribution in [0.2, 0.25) is 0 Å². The normalized spacial score (nSPS) is 15.4. The molecule has 1 aromatic heterocycles. The molecule has 0 radical (unpaired) electrons. The summed E-state index contributed by atoms with van der Waals surface area (Å²) in [6.07, 6.45) is 0. The Morgan fingerprint density at radius 2 is 1.92 bits per heavy atom. The first kappa shape index (κ1) is 17.7. The molecule has 3 nitrogen and oxygen atoms in total. The highest BCUT2D eigenvalue weighted by Crippen LogP contribution is 2.16. The zero-order chi connectivity index (χ0) is 16.6. The van der Waals surface area contributed by atoms with E-state index >= 15 is 0 Å². The number of benzene rings is 1. The van der Waals surface area contributed by atoms with Crippen LogP contribution >= 0.6 is 35.3 Å². The van der Waals surface area contributed by atoms with E-state index in [1.807, 2.05) is 11.8 Å². The zero-order valence-electron chi connectivity index (χ0n) is 13.7. The third-order valence-electron chi connectivity index (χ3n) is 4.04. The standard InChI is InChI=1S/C18H23N3S3/c22-18(19-7-13-24-17-4-2-1-3-5-17)21-10-8-20(9-11-21)14-16-6-12-23-15-16/h1-6,12,15H,7-11,13-14H2,(H,19,22). The largest absolute Gasteiger partial charge is 0.362 e. The summed E-state index contributed by atoms with van der Waals surface area (Å²) in [5.41, 5.74) is 1.42. The number of hydrogen-bond donors (Lipinski definition) is 1. The maximum atomic E-state index is 5.55. The summed E-state index contributed by atoms with van der Waals surface area (Å²) in [5.74, 6) is 1.03. The molecule has 0 amide bonds. The van der Waals surface area contributed by atoms with Crippen LogP contribution < -0.4 is 5.32 Å². The lowest BCUT2D eigenvalue weighted by atomic mass is 10.2. The molecule has 2 aromatic rings. The lowest BCUT2D eigenvalue weighted by Gasteiger charge is -2.36. The van der Waals surface area contributed by atoms with Crippen LogP contribution in [-0.4, -0.2) is 53.4 Å². The molecule has 0 unspecified atom stereocenters. The van der Waals surface area contributed by atoms with E-state index < -0.39 is 0 Å². The highest BCUT2D eigenvalue weighted by molar-refractivity contribution is 7.99. The molecule has 24 heavy (non-hydrogen) atoms. The predicted molar refractivity (Wildman–Crippen MR) is 109 cm³/mol. The smallest absolute Gasteiger partial charge is 0.169 e. The van der Waals surface area contributed by atoms with Crippen molar-refractivity contribution in [2.75, 3.05) is 38.5 Å². The van der Waals surface area contributed by atoms with Crippen LogP contribution in [-0.2, 0) is 6.54 Å². The van der Waals surface area contributed by atoms with Crippen molar-refractivity contribution in [2.24, 2.45) is 0 Å². The minimum absolute atomic E-state index is 0.902. The zero-order valence-corrected chi connectivity index (χ0v) is 16.1. The number of thiocarbonyl (C=S) groups is 1. The molecule has 1 aliphatic rings. The van der Waals surface area contributed by atoms with E-state index in [1.165, 1.54) is 10.5 Å². The van der Waals surface area contributed by atoms with Crippen molar-refractivity contribution in [1.82, 2.24) is 15.1 Å². The van der Waals surface area contributed by atoms with Crippen molar-refractivity contribution < 1.29 is 0 Å². The average Bonchev–Trinajstić information content (AvgIpc) is 3.13. The SMILES string of the molecule is S=C(NCCSc1ccccc1)N1CCN(Cc2ccsc2)CC1. The monoisotopic (exact) mass is 377 g/mol. The fourth-order valence-corrected chi connectivity index (χ4v) is 4.44. The highest BCUT2D eigenvalue weighted by Gasteiger charge is 2.18. The van der Waals surface area contributed by atoms with Gasteiger partial charge in [0.25, 0.3) is 0 Å². The van der Waals surface area contributed by atoms with Gasteiger partial charge in [-0.3, -0.25) is 4.90 Å². The number of hydrogen-bond acceptors (Lipinski definition) is 4. The van der Waals surface area contributed by atoms with E-state index in [2.05, 4.69) is 62.3 Å². The van der Waals surface area contributed by atoms with Gasteiger partial charge in [-0.1, -0.05) is 18.2 Å². The van der Waals surface area contributed by atoms with Gasteiger partial charge in [0.1, 0.15) is 0 Å². The summed E-state index contributed by atoms with van der Waals surface area (Å²) < 4.78 is 0. The number of nitrogens with zero attached hydrogens (tertiary/aromatic N) is 2. The molecule has 1 saturated heterocycles. The quantitative estimate of drug-likeness (QED) is 0.470. The van der Waals surface area contributed by atoms with Crippen molar-refractivity contribution in [1.29, 1.82) is 0 Å². The van der Waals surface area contributed by atoms with Gasteiger partial charge in [-0.05, 0) is 46.7 Å². The Bertz CT molecular complexity index is 608. The molecule has 0 saturated carbocycles. The molecule has 0 aliphatic carbocycles. The topological polar surface area (TPSA) is 18.5 Å². The van der Waals surface area contributed by atoms with Crippen LogP contribution in [0.25, 0.3) is 0 Å². The number of piperazine rings is 1. The fraction of sp³-hybridized carbons (Fsp3) is 0.389. The number of thioether (sulfide) groups is 1. The summed E-state index contributed by atoms with van der Waals surface area (Å²) in [5, 5.41) is 8.69. The summed E-state index contributed by atoms with van der Waals surface area (Å²) in [7, 11) is 0. The van der Waals surface area contributed by atoms with Gasteiger partial charge < -0.3 is 10.2 Å². The van der Waals surface area contributed by atoms with Gasteiger partial charge in [0.2, 0.25) is 0 Å². The first-order chi connectivity index (χ1) is 11.8. The molecule has 1 aliphatic heterocycles. The van der Waals surface area contributed by atoms with Crippen LogP contribution in [0.5, 0.6) is 0 Å². The Kier molecular flexibility index (Phi) is 6.96. The van der Waals surface area contributed by atoms with Crippen molar-refractivity contribution in [2.45, 2.75) is 11.4 Å². The molecular weight excluding hydrogens is 354 g/mol. The van der Waals surface area contributed by atoms with Gasteiger partial charge in [-0.2, -0.15) is 11.3 Å². The number of nitrogens with one attached hydrogen (secondary N) is 1. The van der Waals surface area contributed by atoms with E-state index in [0.717, 1.165) is 50.1 Å². The maximum Gasteiger partial charge on any atom is 0.169 e. The van der Waals surface area contributed by atoms with Gasteiger partial charge in [-0.25, -0.2) is 0 Å². The second kappa shape index (κ2) is 9.42. The first-order valence-corrected chi connectivity index (χ1v) is 10.6. The van der Waals surface area contributed by atoms with Crippen molar-refractivity contribution in [3.8, 4) is 0 Å². The van der Waals surface area contributed by atoms with Crippen molar-refractivity contribution >= 4 is 40.4 Å². The lowest BCUT2D eigenvalue weighted by molar-refractivity contribution is 0.175. The van der Waals surface area contributed by atoms with Gasteiger partial charge in [0, 0.05) is 49.9 Å². The molecule has 128 valence electrons. The summed E-state index contributed by atoms with van der Waals surface area (Å²) in [6.45, 7) is 6.16. The van der Waals surface area contributed by atoms with Crippen LogP contribution in [0, 0.1) is 0 Å². The Morgan fingerprint density at radius 1 is 1.12 bits per heavy atom. The van der Waals surface area contributed by atoms with Crippen LogP contribution in [0.3, 0.4) is 0 Å². The molecule has 0 bridgehead atoms. The highest BCUT2D eigenvalue weighted by atomic mass is 32.2. The summed E-state index contributed by atoms with van der Waals surface area (Å²) in [6, 6.07) is 12.7. The van der Waals surface area contributed by atoms with E-state index in [1.54, 1.807) is 11.3 Å². The molecule has 2 heterocycles. The van der Waals surface area contributed by atoms with E-state index in [9.17, 15) is 0 Å². The molecular formula is C18H23N3S3. The minimum atomic E-state index is 0.902. The average molecular weight is 378 g/mol.